The molecule has 116 valence electrons. The number of ketones is 1. The average Bonchev–Trinajstić information content (AvgIpc) is 2.87. The van der Waals surface area contributed by atoms with E-state index in [4.69, 9.17) is 15.9 Å². The second kappa shape index (κ2) is 7.82. The van der Waals surface area contributed by atoms with Crippen molar-refractivity contribution in [3.8, 4) is 12.3 Å². The highest BCUT2D eigenvalue weighted by atomic mass is 16.6. The van der Waals surface area contributed by atoms with Crippen LogP contribution in [0.2, 0.25) is 0 Å². The minimum Gasteiger partial charge on any atom is -0.465 e. The number of carbonyl (C=O) groups is 3. The lowest BCUT2D eigenvalue weighted by molar-refractivity contribution is -0.177. The van der Waals surface area contributed by atoms with Crippen molar-refractivity contribution in [3.63, 3.8) is 0 Å². The van der Waals surface area contributed by atoms with Gasteiger partial charge in [0.25, 0.3) is 0 Å². The maximum atomic E-state index is 12.5. The van der Waals surface area contributed by atoms with E-state index in [0.717, 1.165) is 0 Å². The Labute approximate surface area is 125 Å². The van der Waals surface area contributed by atoms with Crippen LogP contribution < -0.4 is 0 Å². The number of terminal acetylenes is 1. The monoisotopic (exact) mass is 294 g/mol. The van der Waals surface area contributed by atoms with Gasteiger partial charge in [-0.3, -0.25) is 14.4 Å². The Hall–Kier alpha value is -1.83. The van der Waals surface area contributed by atoms with Gasteiger partial charge in [0.05, 0.1) is 13.2 Å². The molecule has 0 heterocycles. The summed E-state index contributed by atoms with van der Waals surface area (Å²) in [6.07, 6.45) is 6.75. The number of carbonyl (C=O) groups excluding carboxylic acids is 3. The summed E-state index contributed by atoms with van der Waals surface area (Å²) in [4.78, 5) is 36.5. The molecule has 0 radical (unpaired) electrons. The van der Waals surface area contributed by atoms with Gasteiger partial charge in [0.2, 0.25) is 0 Å². The van der Waals surface area contributed by atoms with E-state index < -0.39 is 23.3 Å². The molecule has 0 aromatic rings. The fourth-order valence-corrected chi connectivity index (χ4v) is 2.85. The Bertz CT molecular complexity index is 428. The van der Waals surface area contributed by atoms with Gasteiger partial charge in [-0.2, -0.15) is 0 Å². The highest BCUT2D eigenvalue weighted by Gasteiger charge is 2.55. The molecule has 0 aromatic carbocycles. The van der Waals surface area contributed by atoms with Crippen LogP contribution in [0.1, 0.15) is 46.0 Å². The molecule has 0 amide bonds. The molecule has 5 nitrogen and oxygen atoms in total. The molecule has 1 atom stereocenters. The van der Waals surface area contributed by atoms with Gasteiger partial charge >= 0.3 is 11.9 Å². The summed E-state index contributed by atoms with van der Waals surface area (Å²) in [5.41, 5.74) is -1.45. The Morgan fingerprint density at radius 3 is 2.24 bits per heavy atom. The number of hydrogen-bond acceptors (Lipinski definition) is 5. The number of Topliss-reactive ketones (excluding diaryl/α,β-unsaturated/α-hetero) is 1. The van der Waals surface area contributed by atoms with Crippen LogP contribution in [0, 0.1) is 23.7 Å². The van der Waals surface area contributed by atoms with Crippen LogP contribution in [0.3, 0.4) is 0 Å². The first-order valence-corrected chi connectivity index (χ1v) is 7.32. The van der Waals surface area contributed by atoms with Gasteiger partial charge in [-0.05, 0) is 32.6 Å². The molecular weight excluding hydrogens is 272 g/mol. The van der Waals surface area contributed by atoms with E-state index in [1.807, 2.05) is 0 Å². The van der Waals surface area contributed by atoms with Crippen LogP contribution in [0.25, 0.3) is 0 Å². The first-order chi connectivity index (χ1) is 10.0. The van der Waals surface area contributed by atoms with Gasteiger partial charge < -0.3 is 9.47 Å². The molecule has 0 saturated heterocycles. The van der Waals surface area contributed by atoms with Gasteiger partial charge in [0.15, 0.2) is 5.41 Å². The van der Waals surface area contributed by atoms with Gasteiger partial charge in [-0.15, -0.1) is 12.3 Å². The van der Waals surface area contributed by atoms with Crippen LogP contribution in [-0.4, -0.2) is 30.9 Å². The summed E-state index contributed by atoms with van der Waals surface area (Å²) in [5.74, 6) is 0.860. The van der Waals surface area contributed by atoms with E-state index in [0.29, 0.717) is 12.8 Å². The second-order valence-electron chi connectivity index (χ2n) is 5.09. The molecule has 0 N–H and O–H groups in total. The fourth-order valence-electron chi connectivity index (χ4n) is 2.85. The Morgan fingerprint density at radius 2 is 1.86 bits per heavy atom. The van der Waals surface area contributed by atoms with Crippen molar-refractivity contribution >= 4 is 17.7 Å². The normalized spacial score (nSPS) is 18.1. The number of ether oxygens (including phenoxy) is 2. The van der Waals surface area contributed by atoms with E-state index >= 15 is 0 Å². The Balaban J connectivity index is 3.18. The summed E-state index contributed by atoms with van der Waals surface area (Å²) >= 11 is 0. The maximum absolute atomic E-state index is 12.5. The molecule has 5 heteroatoms. The van der Waals surface area contributed by atoms with E-state index in [9.17, 15) is 14.4 Å². The number of rotatable bonds is 7. The summed E-state index contributed by atoms with van der Waals surface area (Å²) in [6, 6.07) is 0. The van der Waals surface area contributed by atoms with Crippen molar-refractivity contribution in [1.82, 2.24) is 0 Å². The van der Waals surface area contributed by atoms with E-state index in [-0.39, 0.29) is 38.3 Å². The minimum atomic E-state index is -1.45. The summed E-state index contributed by atoms with van der Waals surface area (Å²) in [6.45, 7) is 3.68. The summed E-state index contributed by atoms with van der Waals surface area (Å²) < 4.78 is 10.2. The molecule has 21 heavy (non-hydrogen) atoms. The molecule has 1 aliphatic rings. The predicted octanol–water partition coefficient (Wildman–Crippen LogP) is 1.88. The first-order valence-electron chi connectivity index (χ1n) is 7.32. The highest BCUT2D eigenvalue weighted by Crippen LogP contribution is 2.44. The van der Waals surface area contributed by atoms with Crippen molar-refractivity contribution < 1.29 is 23.9 Å². The average molecular weight is 294 g/mol. The molecule has 0 aliphatic heterocycles. The topological polar surface area (TPSA) is 69.7 Å². The zero-order valence-corrected chi connectivity index (χ0v) is 12.6. The molecule has 0 spiro atoms. The standard InChI is InChI=1S/C16H22O5/c1-4-7-10-16(14(18)20-5-2,15(19)21-6-3)12-8-9-13(17)11-12/h1,12H,5-11H2,2-3H3. The van der Waals surface area contributed by atoms with Crippen molar-refractivity contribution in [1.29, 1.82) is 0 Å². The van der Waals surface area contributed by atoms with Gasteiger partial charge in [0.1, 0.15) is 5.78 Å². The predicted molar refractivity (Wildman–Crippen MR) is 76.1 cm³/mol. The smallest absolute Gasteiger partial charge is 0.323 e. The van der Waals surface area contributed by atoms with Crippen LogP contribution in [0.5, 0.6) is 0 Å². The highest BCUT2D eigenvalue weighted by molar-refractivity contribution is 6.01. The third-order valence-electron chi connectivity index (χ3n) is 3.89. The largest absolute Gasteiger partial charge is 0.465 e. The van der Waals surface area contributed by atoms with Crippen LogP contribution >= 0.6 is 0 Å². The third kappa shape index (κ3) is 3.63. The van der Waals surface area contributed by atoms with Crippen molar-refractivity contribution in [2.45, 2.75) is 46.0 Å². The van der Waals surface area contributed by atoms with E-state index in [2.05, 4.69) is 5.92 Å². The van der Waals surface area contributed by atoms with Crippen LogP contribution in [0.15, 0.2) is 0 Å². The molecule has 1 fully saturated rings. The van der Waals surface area contributed by atoms with Crippen LogP contribution in [-0.2, 0) is 23.9 Å². The van der Waals surface area contributed by atoms with Crippen molar-refractivity contribution in [2.24, 2.45) is 11.3 Å². The first kappa shape index (κ1) is 17.2. The van der Waals surface area contributed by atoms with Gasteiger partial charge in [-0.25, -0.2) is 0 Å². The zero-order valence-electron chi connectivity index (χ0n) is 12.6. The van der Waals surface area contributed by atoms with Gasteiger partial charge in [-0.1, -0.05) is 0 Å². The lowest BCUT2D eigenvalue weighted by Crippen LogP contribution is -2.47. The summed E-state index contributed by atoms with van der Waals surface area (Å²) in [7, 11) is 0. The minimum absolute atomic E-state index is 0.0543. The van der Waals surface area contributed by atoms with E-state index in [1.54, 1.807) is 13.8 Å². The van der Waals surface area contributed by atoms with Crippen molar-refractivity contribution in [2.75, 3.05) is 13.2 Å². The van der Waals surface area contributed by atoms with Gasteiger partial charge in [0, 0.05) is 19.3 Å². The van der Waals surface area contributed by atoms with E-state index in [1.165, 1.54) is 0 Å². The Kier molecular flexibility index (Phi) is 6.41. The fraction of sp³-hybridized carbons (Fsp3) is 0.688. The molecular formula is C16H22O5. The number of hydrogen-bond donors (Lipinski definition) is 0. The number of esters is 2. The maximum Gasteiger partial charge on any atom is 0.323 e. The molecule has 0 bridgehead atoms. The SMILES string of the molecule is C#CCCC(C(=O)OCC)(C(=O)OCC)C1CCC(=O)C1. The Morgan fingerprint density at radius 1 is 1.29 bits per heavy atom. The molecule has 1 aliphatic carbocycles. The lowest BCUT2D eigenvalue weighted by atomic mass is 9.71. The molecule has 0 aromatic heterocycles. The molecule has 1 unspecified atom stereocenters. The zero-order chi connectivity index (χ0) is 15.9. The lowest BCUT2D eigenvalue weighted by Gasteiger charge is -2.33. The van der Waals surface area contributed by atoms with Crippen molar-refractivity contribution in [3.05, 3.63) is 0 Å². The summed E-state index contributed by atoms with van der Waals surface area (Å²) in [5, 5.41) is 0. The second-order valence-corrected chi connectivity index (χ2v) is 5.09. The molecule has 1 rings (SSSR count). The third-order valence-corrected chi connectivity index (χ3v) is 3.89. The molecule has 1 saturated carbocycles. The quantitative estimate of drug-likeness (QED) is 0.407. The van der Waals surface area contributed by atoms with Crippen LogP contribution in [0.4, 0.5) is 0 Å².